The molecule has 0 aromatic carbocycles. The summed E-state index contributed by atoms with van der Waals surface area (Å²) in [5.74, 6) is 0. The number of thiophene rings is 2. The third-order valence-electron chi connectivity index (χ3n) is 3.22. The first-order chi connectivity index (χ1) is 8.81. The smallest absolute Gasteiger partial charge is 0.0331 e. The molecule has 3 heteroatoms. The molecule has 2 aromatic heterocycles. The Kier molecular flexibility index (Phi) is 5.42. The summed E-state index contributed by atoms with van der Waals surface area (Å²) in [6.07, 6.45) is 3.69. The molecule has 0 saturated heterocycles. The van der Waals surface area contributed by atoms with Crippen LogP contribution in [0, 0.1) is 6.92 Å². The molecule has 0 aliphatic heterocycles. The maximum Gasteiger partial charge on any atom is 0.0331 e. The Labute approximate surface area is 118 Å². The van der Waals surface area contributed by atoms with E-state index >= 15 is 0 Å². The molecule has 2 rings (SSSR count). The molecule has 0 fully saturated rings. The minimum atomic E-state index is 0.529. The second kappa shape index (κ2) is 7.07. The van der Waals surface area contributed by atoms with Gasteiger partial charge in [0.25, 0.3) is 0 Å². The van der Waals surface area contributed by atoms with Crippen molar-refractivity contribution in [3.05, 3.63) is 44.3 Å². The number of hydrogen-bond acceptors (Lipinski definition) is 3. The normalized spacial score (nSPS) is 12.8. The molecular formula is C15H21NS2. The molecule has 2 heterocycles. The average Bonchev–Trinajstić information content (AvgIpc) is 2.99. The Morgan fingerprint density at radius 2 is 2.11 bits per heavy atom. The van der Waals surface area contributed by atoms with Crippen LogP contribution in [0.25, 0.3) is 0 Å². The summed E-state index contributed by atoms with van der Waals surface area (Å²) in [5, 5.41) is 7.99. The summed E-state index contributed by atoms with van der Waals surface area (Å²) < 4.78 is 0. The molecule has 0 radical (unpaired) electrons. The zero-order valence-corrected chi connectivity index (χ0v) is 12.7. The highest BCUT2D eigenvalue weighted by Gasteiger charge is 2.13. The summed E-state index contributed by atoms with van der Waals surface area (Å²) in [5.41, 5.74) is 1.49. The topological polar surface area (TPSA) is 12.0 Å². The van der Waals surface area contributed by atoms with Gasteiger partial charge in [-0.1, -0.05) is 13.0 Å². The van der Waals surface area contributed by atoms with Gasteiger partial charge in [0.15, 0.2) is 0 Å². The van der Waals surface area contributed by atoms with Gasteiger partial charge in [0, 0.05) is 15.8 Å². The first-order valence-electron chi connectivity index (χ1n) is 6.61. The van der Waals surface area contributed by atoms with Crippen LogP contribution in [0.15, 0.2) is 29.0 Å². The fourth-order valence-corrected chi connectivity index (χ4v) is 3.82. The monoisotopic (exact) mass is 279 g/mol. The van der Waals surface area contributed by atoms with Crippen molar-refractivity contribution in [2.45, 2.75) is 39.2 Å². The minimum Gasteiger partial charge on any atom is -0.310 e. The summed E-state index contributed by atoms with van der Waals surface area (Å²) in [7, 11) is 0. The SMILES string of the molecule is CCNC(CCCc1cccs1)c1ccsc1C. The minimum absolute atomic E-state index is 0.529. The summed E-state index contributed by atoms with van der Waals surface area (Å²) in [6, 6.07) is 7.19. The van der Waals surface area contributed by atoms with E-state index in [-0.39, 0.29) is 0 Å². The largest absolute Gasteiger partial charge is 0.310 e. The second-order valence-corrected chi connectivity index (χ2v) is 6.67. The molecule has 0 saturated carbocycles. The van der Waals surface area contributed by atoms with Crippen LogP contribution < -0.4 is 5.32 Å². The van der Waals surface area contributed by atoms with Gasteiger partial charge in [-0.05, 0) is 61.2 Å². The van der Waals surface area contributed by atoms with E-state index in [0.29, 0.717) is 6.04 Å². The molecule has 1 N–H and O–H groups in total. The van der Waals surface area contributed by atoms with Gasteiger partial charge in [0.05, 0.1) is 0 Å². The van der Waals surface area contributed by atoms with Crippen LogP contribution in [0.3, 0.4) is 0 Å². The fraction of sp³-hybridized carbons (Fsp3) is 0.467. The quantitative estimate of drug-likeness (QED) is 0.768. The molecule has 1 nitrogen and oxygen atoms in total. The van der Waals surface area contributed by atoms with Gasteiger partial charge in [-0.3, -0.25) is 0 Å². The molecule has 0 amide bonds. The zero-order valence-electron chi connectivity index (χ0n) is 11.1. The molecule has 2 aromatic rings. The van der Waals surface area contributed by atoms with E-state index in [9.17, 15) is 0 Å². The first-order valence-corrected chi connectivity index (χ1v) is 8.37. The van der Waals surface area contributed by atoms with Crippen LogP contribution >= 0.6 is 22.7 Å². The molecule has 98 valence electrons. The van der Waals surface area contributed by atoms with Crippen LogP contribution in [0.5, 0.6) is 0 Å². The van der Waals surface area contributed by atoms with Crippen molar-refractivity contribution < 1.29 is 0 Å². The van der Waals surface area contributed by atoms with Crippen molar-refractivity contribution in [1.29, 1.82) is 0 Å². The van der Waals surface area contributed by atoms with E-state index in [1.165, 1.54) is 34.6 Å². The fourth-order valence-electron chi connectivity index (χ4n) is 2.31. The van der Waals surface area contributed by atoms with Crippen LogP contribution in [-0.4, -0.2) is 6.54 Å². The lowest BCUT2D eigenvalue weighted by Gasteiger charge is -2.17. The standard InChI is InChI=1S/C15H21NS2/c1-3-16-15(14-9-11-17-12(14)2)8-4-6-13-7-5-10-18-13/h5,7,9-11,15-16H,3-4,6,8H2,1-2H3. The van der Waals surface area contributed by atoms with Crippen LogP contribution in [0.4, 0.5) is 0 Å². The van der Waals surface area contributed by atoms with E-state index in [4.69, 9.17) is 0 Å². The predicted molar refractivity (Wildman–Crippen MR) is 82.7 cm³/mol. The Morgan fingerprint density at radius 1 is 1.22 bits per heavy atom. The van der Waals surface area contributed by atoms with Crippen molar-refractivity contribution >= 4 is 22.7 Å². The third-order valence-corrected chi connectivity index (χ3v) is 5.02. The third kappa shape index (κ3) is 3.67. The number of nitrogens with one attached hydrogen (secondary N) is 1. The van der Waals surface area contributed by atoms with Gasteiger partial charge >= 0.3 is 0 Å². The Balaban J connectivity index is 1.89. The van der Waals surface area contributed by atoms with Gasteiger partial charge in [-0.2, -0.15) is 0 Å². The Bertz CT molecular complexity index is 445. The number of aryl methyl sites for hydroxylation is 2. The highest BCUT2D eigenvalue weighted by atomic mass is 32.1. The Morgan fingerprint density at radius 3 is 2.72 bits per heavy atom. The lowest BCUT2D eigenvalue weighted by molar-refractivity contribution is 0.498. The highest BCUT2D eigenvalue weighted by Crippen LogP contribution is 2.26. The van der Waals surface area contributed by atoms with E-state index in [2.05, 4.69) is 48.1 Å². The van der Waals surface area contributed by atoms with Gasteiger partial charge in [-0.25, -0.2) is 0 Å². The van der Waals surface area contributed by atoms with Gasteiger partial charge in [0.1, 0.15) is 0 Å². The van der Waals surface area contributed by atoms with Crippen LogP contribution in [0.2, 0.25) is 0 Å². The molecule has 1 atom stereocenters. The zero-order chi connectivity index (χ0) is 12.8. The van der Waals surface area contributed by atoms with Crippen molar-refractivity contribution in [3.8, 4) is 0 Å². The summed E-state index contributed by atoms with van der Waals surface area (Å²) in [4.78, 5) is 2.96. The van der Waals surface area contributed by atoms with Gasteiger partial charge < -0.3 is 5.32 Å². The molecule has 0 aliphatic rings. The molecule has 0 spiro atoms. The highest BCUT2D eigenvalue weighted by molar-refractivity contribution is 7.10. The van der Waals surface area contributed by atoms with Crippen LogP contribution in [-0.2, 0) is 6.42 Å². The van der Waals surface area contributed by atoms with E-state index in [1.54, 1.807) is 0 Å². The maximum atomic E-state index is 3.62. The molecule has 18 heavy (non-hydrogen) atoms. The van der Waals surface area contributed by atoms with E-state index < -0.39 is 0 Å². The Hall–Kier alpha value is -0.640. The maximum absolute atomic E-state index is 3.62. The predicted octanol–water partition coefficient (Wildman–Crippen LogP) is 4.79. The van der Waals surface area contributed by atoms with Crippen molar-refractivity contribution in [3.63, 3.8) is 0 Å². The van der Waals surface area contributed by atoms with E-state index in [0.717, 1.165) is 6.54 Å². The van der Waals surface area contributed by atoms with Crippen molar-refractivity contribution in [1.82, 2.24) is 5.32 Å². The molecule has 1 unspecified atom stereocenters. The molecular weight excluding hydrogens is 258 g/mol. The number of hydrogen-bond donors (Lipinski definition) is 1. The van der Waals surface area contributed by atoms with E-state index in [1.807, 2.05) is 22.7 Å². The van der Waals surface area contributed by atoms with Crippen LogP contribution in [0.1, 0.15) is 41.1 Å². The van der Waals surface area contributed by atoms with Crippen molar-refractivity contribution in [2.75, 3.05) is 6.54 Å². The lowest BCUT2D eigenvalue weighted by atomic mass is 10.0. The summed E-state index contributed by atoms with van der Waals surface area (Å²) >= 11 is 3.72. The van der Waals surface area contributed by atoms with Crippen molar-refractivity contribution in [2.24, 2.45) is 0 Å². The molecule has 0 bridgehead atoms. The van der Waals surface area contributed by atoms with Gasteiger partial charge in [-0.15, -0.1) is 22.7 Å². The average molecular weight is 279 g/mol. The van der Waals surface area contributed by atoms with Gasteiger partial charge in [0.2, 0.25) is 0 Å². The lowest BCUT2D eigenvalue weighted by Crippen LogP contribution is -2.21. The summed E-state index contributed by atoms with van der Waals surface area (Å²) in [6.45, 7) is 5.45. The molecule has 0 aliphatic carbocycles. The second-order valence-electron chi connectivity index (χ2n) is 4.51. The number of rotatable bonds is 7. The first kappa shape index (κ1) is 13.8.